The number of hydrogen-bond donors (Lipinski definition) is 4. The van der Waals surface area contributed by atoms with Crippen LogP contribution < -0.4 is 20.7 Å². The van der Waals surface area contributed by atoms with Crippen molar-refractivity contribution in [3.8, 4) is 5.75 Å². The molecule has 1 aromatic heterocycles. The third-order valence-electron chi connectivity index (χ3n) is 8.32. The van der Waals surface area contributed by atoms with Crippen molar-refractivity contribution in [3.05, 3.63) is 65.4 Å². The van der Waals surface area contributed by atoms with E-state index in [2.05, 4.69) is 20.9 Å². The number of H-pyrrole nitrogens is 1. The molecule has 3 aliphatic rings. The van der Waals surface area contributed by atoms with E-state index >= 15 is 0 Å². The summed E-state index contributed by atoms with van der Waals surface area (Å²) >= 11 is 0. The Hall–Kier alpha value is -4.67. The van der Waals surface area contributed by atoms with Crippen LogP contribution in [0, 0.1) is 5.92 Å². The Kier molecular flexibility index (Phi) is 7.40. The maximum absolute atomic E-state index is 14.1. The molecule has 11 heteroatoms. The number of amides is 4. The summed E-state index contributed by atoms with van der Waals surface area (Å²) in [5.74, 6) is -2.63. The maximum Gasteiger partial charge on any atom is 0.289 e. The Labute approximate surface area is 242 Å². The molecule has 218 valence electrons. The Bertz CT molecular complexity index is 1580. The number of ketones is 1. The molecular formula is C31H33N5O6. The van der Waals surface area contributed by atoms with Crippen molar-refractivity contribution in [3.63, 3.8) is 0 Å². The normalized spacial score (nSPS) is 20.4. The Morgan fingerprint density at radius 2 is 1.88 bits per heavy atom. The molecule has 2 aliphatic heterocycles. The molecule has 11 nitrogen and oxygen atoms in total. The van der Waals surface area contributed by atoms with Crippen molar-refractivity contribution in [2.24, 2.45) is 5.92 Å². The van der Waals surface area contributed by atoms with Crippen molar-refractivity contribution in [2.75, 3.05) is 20.2 Å². The van der Waals surface area contributed by atoms with Gasteiger partial charge in [0.2, 0.25) is 17.6 Å². The minimum atomic E-state index is -1.21. The van der Waals surface area contributed by atoms with E-state index in [1.54, 1.807) is 31.4 Å². The van der Waals surface area contributed by atoms with Crippen LogP contribution in [0.4, 0.5) is 0 Å². The number of ether oxygens (including phenoxy) is 1. The molecule has 4 N–H and O–H groups in total. The average Bonchev–Trinajstić information content (AvgIpc) is 3.55. The van der Waals surface area contributed by atoms with Gasteiger partial charge in [0.15, 0.2) is 0 Å². The molecule has 0 bridgehead atoms. The van der Waals surface area contributed by atoms with Gasteiger partial charge in [0, 0.05) is 36.0 Å². The Morgan fingerprint density at radius 1 is 1.07 bits per heavy atom. The van der Waals surface area contributed by atoms with Gasteiger partial charge in [-0.3, -0.25) is 24.0 Å². The molecule has 0 unspecified atom stereocenters. The van der Waals surface area contributed by atoms with Crippen LogP contribution in [0.2, 0.25) is 0 Å². The number of methoxy groups -OCH3 is 1. The van der Waals surface area contributed by atoms with E-state index in [4.69, 9.17) is 4.74 Å². The zero-order chi connectivity index (χ0) is 29.4. The largest absolute Gasteiger partial charge is 0.496 e. The van der Waals surface area contributed by atoms with Crippen LogP contribution in [0.3, 0.4) is 0 Å². The number of nitrogens with zero attached hydrogens (tertiary/aromatic N) is 1. The molecule has 3 atom stereocenters. The molecule has 2 fully saturated rings. The first-order valence-corrected chi connectivity index (χ1v) is 14.3. The van der Waals surface area contributed by atoms with E-state index < -0.39 is 35.6 Å². The lowest BCUT2D eigenvalue weighted by molar-refractivity contribution is -0.141. The number of benzene rings is 2. The lowest BCUT2D eigenvalue weighted by atomic mass is 9.90. The molecular weight excluding hydrogens is 538 g/mol. The highest BCUT2D eigenvalue weighted by molar-refractivity contribution is 6.38. The molecule has 3 heterocycles. The highest BCUT2D eigenvalue weighted by atomic mass is 16.5. The van der Waals surface area contributed by atoms with Gasteiger partial charge in [-0.05, 0) is 61.4 Å². The summed E-state index contributed by atoms with van der Waals surface area (Å²) in [7, 11) is 1.56. The zero-order valence-electron chi connectivity index (χ0n) is 23.3. The number of rotatable bonds is 9. The van der Waals surface area contributed by atoms with Gasteiger partial charge in [0.05, 0.1) is 13.2 Å². The molecule has 1 saturated carbocycles. The summed E-state index contributed by atoms with van der Waals surface area (Å²) in [6.07, 6.45) is 2.65. The van der Waals surface area contributed by atoms with Gasteiger partial charge in [-0.2, -0.15) is 0 Å². The van der Waals surface area contributed by atoms with Gasteiger partial charge >= 0.3 is 0 Å². The van der Waals surface area contributed by atoms with E-state index in [0.717, 1.165) is 29.3 Å². The third-order valence-corrected chi connectivity index (χ3v) is 8.32. The number of nitrogens with one attached hydrogen (secondary N) is 4. The zero-order valence-corrected chi connectivity index (χ0v) is 23.3. The molecule has 3 aromatic rings. The molecule has 1 saturated heterocycles. The topological polar surface area (TPSA) is 150 Å². The van der Waals surface area contributed by atoms with Crippen molar-refractivity contribution < 1.29 is 28.7 Å². The van der Waals surface area contributed by atoms with Crippen LogP contribution in [-0.4, -0.2) is 71.6 Å². The number of hydrogen-bond acceptors (Lipinski definition) is 6. The summed E-state index contributed by atoms with van der Waals surface area (Å²) in [5.41, 5.74) is 2.59. The minimum absolute atomic E-state index is 0.00137. The number of fused-ring (bicyclic) bond motifs is 2. The fourth-order valence-electron chi connectivity index (χ4n) is 5.92. The van der Waals surface area contributed by atoms with Crippen molar-refractivity contribution >= 4 is 40.3 Å². The monoisotopic (exact) mass is 571 g/mol. The Morgan fingerprint density at radius 3 is 2.62 bits per heavy atom. The molecule has 1 aliphatic carbocycles. The SMILES string of the molecule is COc1cccc2[nH]c(C(=O)N3CCc4ccccc4[C@H]3C(=O)N[C@@H](C[C@@H]3CCNC3=O)C(=O)C(=O)NC3CC3)cc12. The second-order valence-electron chi connectivity index (χ2n) is 11.1. The fraction of sp³-hybridized carbons (Fsp3) is 0.387. The Balaban J connectivity index is 1.31. The van der Waals surface area contributed by atoms with E-state index in [1.807, 2.05) is 24.3 Å². The molecule has 6 rings (SSSR count). The first-order chi connectivity index (χ1) is 20.3. The number of carbonyl (C=O) groups excluding carboxylic acids is 5. The molecule has 0 spiro atoms. The van der Waals surface area contributed by atoms with Gasteiger partial charge in [-0.15, -0.1) is 0 Å². The van der Waals surface area contributed by atoms with E-state index in [9.17, 15) is 24.0 Å². The highest BCUT2D eigenvalue weighted by Crippen LogP contribution is 2.33. The third kappa shape index (κ3) is 5.34. The predicted molar refractivity (Wildman–Crippen MR) is 153 cm³/mol. The van der Waals surface area contributed by atoms with E-state index in [0.29, 0.717) is 36.4 Å². The van der Waals surface area contributed by atoms with Crippen molar-refractivity contribution in [1.82, 2.24) is 25.8 Å². The van der Waals surface area contributed by atoms with Gasteiger partial charge in [0.1, 0.15) is 17.5 Å². The minimum Gasteiger partial charge on any atom is -0.496 e. The highest BCUT2D eigenvalue weighted by Gasteiger charge is 2.41. The number of aromatic nitrogens is 1. The lowest BCUT2D eigenvalue weighted by Crippen LogP contribution is -2.54. The van der Waals surface area contributed by atoms with Gasteiger partial charge < -0.3 is 30.6 Å². The summed E-state index contributed by atoms with van der Waals surface area (Å²) in [4.78, 5) is 71.1. The van der Waals surface area contributed by atoms with E-state index in [-0.39, 0.29) is 30.8 Å². The standard InChI is InChI=1S/C31H33N5O6/c1-42-25-8-4-7-22-21(25)16-24(34-22)31(41)36-14-12-17-5-2-3-6-20(17)26(36)29(39)35-23(15-18-11-13-32-28(18)38)27(37)30(40)33-19-9-10-19/h2-8,16,18-19,23,26,34H,9-15H2,1H3,(H,32,38)(H,33,40)(H,35,39)/t18-,23-,26-/m0/s1. The quantitative estimate of drug-likeness (QED) is 0.288. The van der Waals surface area contributed by atoms with Gasteiger partial charge in [0.25, 0.3) is 11.8 Å². The fourth-order valence-corrected chi connectivity index (χ4v) is 5.92. The average molecular weight is 572 g/mol. The summed E-state index contributed by atoms with van der Waals surface area (Å²) in [5, 5.41) is 8.95. The van der Waals surface area contributed by atoms with Crippen LogP contribution in [0.5, 0.6) is 5.75 Å². The first kappa shape index (κ1) is 27.5. The first-order valence-electron chi connectivity index (χ1n) is 14.3. The second kappa shape index (κ2) is 11.3. The van der Waals surface area contributed by atoms with Crippen LogP contribution in [0.25, 0.3) is 10.9 Å². The van der Waals surface area contributed by atoms with Crippen LogP contribution >= 0.6 is 0 Å². The van der Waals surface area contributed by atoms with Crippen molar-refractivity contribution in [1.29, 1.82) is 0 Å². The lowest BCUT2D eigenvalue weighted by Gasteiger charge is -2.37. The van der Waals surface area contributed by atoms with Gasteiger partial charge in [-0.1, -0.05) is 30.3 Å². The number of Topliss-reactive ketones (excluding diaryl/α,β-unsaturated/α-hetero) is 1. The van der Waals surface area contributed by atoms with E-state index in [1.165, 1.54) is 4.90 Å². The molecule has 42 heavy (non-hydrogen) atoms. The van der Waals surface area contributed by atoms with Crippen LogP contribution in [0.15, 0.2) is 48.5 Å². The van der Waals surface area contributed by atoms with Crippen molar-refractivity contribution in [2.45, 2.75) is 50.2 Å². The summed E-state index contributed by atoms with van der Waals surface area (Å²) < 4.78 is 5.45. The second-order valence-corrected chi connectivity index (χ2v) is 11.1. The van der Waals surface area contributed by atoms with Crippen LogP contribution in [-0.2, 0) is 25.6 Å². The summed E-state index contributed by atoms with van der Waals surface area (Å²) in [6, 6.07) is 12.3. The maximum atomic E-state index is 14.1. The molecule has 0 radical (unpaired) electrons. The number of aromatic amines is 1. The summed E-state index contributed by atoms with van der Waals surface area (Å²) in [6.45, 7) is 0.742. The van der Waals surface area contributed by atoms with Crippen LogP contribution in [0.1, 0.15) is 53.3 Å². The molecule has 4 amide bonds. The number of carbonyl (C=O) groups is 5. The van der Waals surface area contributed by atoms with Gasteiger partial charge in [-0.25, -0.2) is 0 Å². The molecule has 2 aromatic carbocycles. The predicted octanol–water partition coefficient (Wildman–Crippen LogP) is 1.77. The smallest absolute Gasteiger partial charge is 0.289 e.